The van der Waals surface area contributed by atoms with Crippen LogP contribution < -0.4 is 5.32 Å². The van der Waals surface area contributed by atoms with E-state index in [4.69, 9.17) is 0 Å². The van der Waals surface area contributed by atoms with Crippen molar-refractivity contribution in [2.45, 2.75) is 6.92 Å². The first kappa shape index (κ1) is 17.3. The highest BCUT2D eigenvalue weighted by atomic mass is 32.1. The molecule has 0 aliphatic rings. The second kappa shape index (κ2) is 6.99. The third kappa shape index (κ3) is 3.09. The van der Waals surface area contributed by atoms with Gasteiger partial charge in [-0.2, -0.15) is 10.2 Å². The molecule has 5 rings (SSSR count). The number of thiophene rings is 1. The van der Waals surface area contributed by atoms with Crippen molar-refractivity contribution in [3.8, 4) is 11.5 Å². The average molecular weight is 400 g/mol. The molecular formula is C21H16N6OS. The summed E-state index contributed by atoms with van der Waals surface area (Å²) in [6.45, 7) is 1.95. The summed E-state index contributed by atoms with van der Waals surface area (Å²) in [5, 5.41) is 12.8. The van der Waals surface area contributed by atoms with Crippen LogP contribution in [0.3, 0.4) is 0 Å². The standard InChI is InChI=1S/C21H16N6OS/c1-14-16-13-18(29-21(16)27(25-14)15-7-3-2-4-8-15)20(28)24-17-9-5-10-22-19(17)26-12-6-11-23-26/h2-13H,1H3,(H,24,28). The number of nitrogens with zero attached hydrogens (tertiary/aromatic N) is 5. The van der Waals surface area contributed by atoms with Crippen molar-refractivity contribution in [3.05, 3.63) is 83.8 Å². The number of pyridine rings is 1. The number of rotatable bonds is 4. The monoisotopic (exact) mass is 400 g/mol. The minimum absolute atomic E-state index is 0.188. The van der Waals surface area contributed by atoms with Gasteiger partial charge in [-0.15, -0.1) is 11.3 Å². The molecule has 8 heteroatoms. The first-order valence-corrected chi connectivity index (χ1v) is 9.83. The SMILES string of the molecule is Cc1nn(-c2ccccc2)c2sc(C(=O)Nc3cccnc3-n3cccn3)cc12. The lowest BCUT2D eigenvalue weighted by Crippen LogP contribution is -2.13. The Morgan fingerprint density at radius 2 is 1.93 bits per heavy atom. The van der Waals surface area contributed by atoms with Crippen molar-refractivity contribution in [2.24, 2.45) is 0 Å². The van der Waals surface area contributed by atoms with E-state index in [9.17, 15) is 4.79 Å². The highest BCUT2D eigenvalue weighted by Crippen LogP contribution is 2.31. The van der Waals surface area contributed by atoms with Gasteiger partial charge in [0.2, 0.25) is 0 Å². The molecule has 29 heavy (non-hydrogen) atoms. The number of hydrogen-bond donors (Lipinski definition) is 1. The van der Waals surface area contributed by atoms with Gasteiger partial charge in [0.15, 0.2) is 5.82 Å². The van der Waals surface area contributed by atoms with Gasteiger partial charge < -0.3 is 5.32 Å². The summed E-state index contributed by atoms with van der Waals surface area (Å²) in [4.78, 5) is 18.9. The van der Waals surface area contributed by atoms with Gasteiger partial charge in [-0.3, -0.25) is 4.79 Å². The van der Waals surface area contributed by atoms with Crippen LogP contribution >= 0.6 is 11.3 Å². The van der Waals surface area contributed by atoms with Gasteiger partial charge >= 0.3 is 0 Å². The zero-order chi connectivity index (χ0) is 19.8. The van der Waals surface area contributed by atoms with Crippen LogP contribution in [0.5, 0.6) is 0 Å². The molecule has 0 aliphatic carbocycles. The summed E-state index contributed by atoms with van der Waals surface area (Å²) in [6.07, 6.45) is 5.13. The largest absolute Gasteiger partial charge is 0.318 e. The number of benzene rings is 1. The number of anilines is 1. The Balaban J connectivity index is 1.50. The molecular weight excluding hydrogens is 384 g/mol. The first-order valence-electron chi connectivity index (χ1n) is 9.02. The Bertz CT molecular complexity index is 1300. The predicted molar refractivity (Wildman–Crippen MR) is 113 cm³/mol. The summed E-state index contributed by atoms with van der Waals surface area (Å²) in [7, 11) is 0. The van der Waals surface area contributed by atoms with Crippen molar-refractivity contribution in [1.29, 1.82) is 0 Å². The molecule has 7 nitrogen and oxygen atoms in total. The van der Waals surface area contributed by atoms with Crippen LogP contribution in [0.1, 0.15) is 15.4 Å². The third-order valence-electron chi connectivity index (χ3n) is 4.53. The number of carbonyl (C=O) groups excluding carboxylic acids is 1. The Morgan fingerprint density at radius 1 is 1.07 bits per heavy atom. The fourth-order valence-corrected chi connectivity index (χ4v) is 4.24. The number of para-hydroxylation sites is 1. The van der Waals surface area contributed by atoms with E-state index in [0.29, 0.717) is 16.4 Å². The number of fused-ring (bicyclic) bond motifs is 1. The van der Waals surface area contributed by atoms with Crippen molar-refractivity contribution >= 4 is 33.1 Å². The summed E-state index contributed by atoms with van der Waals surface area (Å²) in [5.74, 6) is 0.380. The number of hydrogen-bond acceptors (Lipinski definition) is 5. The Labute approximate surface area is 170 Å². The molecule has 0 radical (unpaired) electrons. The summed E-state index contributed by atoms with van der Waals surface area (Å²) >= 11 is 1.42. The van der Waals surface area contributed by atoms with E-state index in [1.165, 1.54) is 11.3 Å². The normalized spacial score (nSPS) is 11.1. The fourth-order valence-electron chi connectivity index (χ4n) is 3.16. The fraction of sp³-hybridized carbons (Fsp3) is 0.0476. The van der Waals surface area contributed by atoms with Gasteiger partial charge in [-0.1, -0.05) is 18.2 Å². The van der Waals surface area contributed by atoms with Crippen LogP contribution in [0.4, 0.5) is 5.69 Å². The molecule has 4 heterocycles. The molecule has 0 fully saturated rings. The van der Waals surface area contributed by atoms with Crippen molar-refractivity contribution < 1.29 is 4.79 Å². The van der Waals surface area contributed by atoms with Crippen LogP contribution in [0.25, 0.3) is 21.7 Å². The molecule has 0 saturated carbocycles. The van der Waals surface area contributed by atoms with Gasteiger partial charge in [0.25, 0.3) is 5.91 Å². The molecule has 1 aromatic carbocycles. The first-order chi connectivity index (χ1) is 14.2. The molecule has 1 N–H and O–H groups in total. The van der Waals surface area contributed by atoms with Gasteiger partial charge in [-0.25, -0.2) is 14.3 Å². The third-order valence-corrected chi connectivity index (χ3v) is 5.63. The molecule has 0 atom stereocenters. The van der Waals surface area contributed by atoms with E-state index in [-0.39, 0.29) is 5.91 Å². The molecule has 0 unspecified atom stereocenters. The molecule has 4 aromatic heterocycles. The van der Waals surface area contributed by atoms with E-state index in [2.05, 4.69) is 20.5 Å². The van der Waals surface area contributed by atoms with Crippen LogP contribution in [-0.4, -0.2) is 30.5 Å². The van der Waals surface area contributed by atoms with Crippen LogP contribution in [0.2, 0.25) is 0 Å². The minimum Gasteiger partial charge on any atom is -0.318 e. The summed E-state index contributed by atoms with van der Waals surface area (Å²) < 4.78 is 3.50. The molecule has 0 bridgehead atoms. The molecule has 0 saturated heterocycles. The number of aromatic nitrogens is 5. The average Bonchev–Trinajstić information content (AvgIpc) is 3.48. The second-order valence-corrected chi connectivity index (χ2v) is 7.47. The lowest BCUT2D eigenvalue weighted by atomic mass is 10.3. The molecule has 0 aliphatic heterocycles. The van der Waals surface area contributed by atoms with E-state index in [0.717, 1.165) is 21.6 Å². The van der Waals surface area contributed by atoms with Crippen LogP contribution in [0, 0.1) is 6.92 Å². The van der Waals surface area contributed by atoms with Gasteiger partial charge in [0.05, 0.1) is 21.9 Å². The minimum atomic E-state index is -0.188. The van der Waals surface area contributed by atoms with Crippen LogP contribution in [-0.2, 0) is 0 Å². The number of nitrogens with one attached hydrogen (secondary N) is 1. The second-order valence-electron chi connectivity index (χ2n) is 6.44. The van der Waals surface area contributed by atoms with E-state index < -0.39 is 0 Å². The lowest BCUT2D eigenvalue weighted by molar-refractivity contribution is 0.103. The lowest BCUT2D eigenvalue weighted by Gasteiger charge is -2.09. The van der Waals surface area contributed by atoms with Crippen LogP contribution in [0.15, 0.2) is 73.2 Å². The smallest absolute Gasteiger partial charge is 0.265 e. The van der Waals surface area contributed by atoms with E-state index in [1.807, 2.05) is 60.1 Å². The molecule has 1 amide bonds. The molecule has 0 spiro atoms. The number of carbonyl (C=O) groups is 1. The number of amides is 1. The Hall–Kier alpha value is -3.78. The van der Waals surface area contributed by atoms with Gasteiger partial charge in [0, 0.05) is 24.0 Å². The molecule has 5 aromatic rings. The summed E-state index contributed by atoms with van der Waals surface area (Å²) in [5.41, 5.74) is 2.45. The van der Waals surface area contributed by atoms with Crippen molar-refractivity contribution in [1.82, 2.24) is 24.5 Å². The van der Waals surface area contributed by atoms with Gasteiger partial charge in [0.1, 0.15) is 4.83 Å². The van der Waals surface area contributed by atoms with E-state index in [1.54, 1.807) is 29.3 Å². The maximum Gasteiger partial charge on any atom is 0.265 e. The zero-order valence-electron chi connectivity index (χ0n) is 15.5. The Morgan fingerprint density at radius 3 is 2.72 bits per heavy atom. The number of aryl methyl sites for hydroxylation is 1. The predicted octanol–water partition coefficient (Wildman–Crippen LogP) is 4.23. The molecule has 142 valence electrons. The van der Waals surface area contributed by atoms with Crippen molar-refractivity contribution in [2.75, 3.05) is 5.32 Å². The van der Waals surface area contributed by atoms with E-state index >= 15 is 0 Å². The van der Waals surface area contributed by atoms with Crippen molar-refractivity contribution in [3.63, 3.8) is 0 Å². The summed E-state index contributed by atoms with van der Waals surface area (Å²) in [6, 6.07) is 17.2. The highest BCUT2D eigenvalue weighted by Gasteiger charge is 2.18. The maximum atomic E-state index is 13.0. The topological polar surface area (TPSA) is 77.6 Å². The highest BCUT2D eigenvalue weighted by molar-refractivity contribution is 7.20. The maximum absolute atomic E-state index is 13.0. The Kier molecular flexibility index (Phi) is 4.18. The zero-order valence-corrected chi connectivity index (χ0v) is 16.3. The quantitative estimate of drug-likeness (QED) is 0.490. The van der Waals surface area contributed by atoms with Gasteiger partial charge in [-0.05, 0) is 43.3 Å².